The maximum atomic E-state index is 12.0. The molecule has 1 aliphatic heterocycles. The maximum Gasteiger partial charge on any atom is 0.490 e. The highest BCUT2D eigenvalue weighted by molar-refractivity contribution is 8.76. The summed E-state index contributed by atoms with van der Waals surface area (Å²) in [5.41, 5.74) is 8.31. The van der Waals surface area contributed by atoms with Crippen molar-refractivity contribution in [2.45, 2.75) is 31.1 Å². The molecule has 1 aliphatic rings. The molecule has 1 radical (unpaired) electrons. The van der Waals surface area contributed by atoms with Crippen molar-refractivity contribution in [1.82, 2.24) is 5.32 Å². The van der Waals surface area contributed by atoms with Gasteiger partial charge in [-0.25, -0.2) is 18.5 Å². The summed E-state index contributed by atoms with van der Waals surface area (Å²) in [6.07, 6.45) is -3.22. The SMILES string of the molecule is [2H]CSSCCOC(=O)NCC#C[B][C@H]1C[C@@H](OC(=O)CCN=[N+]=[N-])[C@@H](COP(=O)(O)OP(=O)(O)OP(=O)(O)O)O1. The number of phosphoric ester groups is 1. The van der Waals surface area contributed by atoms with Crippen molar-refractivity contribution < 1.29 is 71.6 Å². The lowest BCUT2D eigenvalue weighted by Gasteiger charge is -2.21. The van der Waals surface area contributed by atoms with Crippen LogP contribution in [-0.4, -0.2) is 95.4 Å². The number of ether oxygens (including phenoxy) is 3. The Morgan fingerprint density at radius 2 is 2.02 bits per heavy atom. The highest BCUT2D eigenvalue weighted by Crippen LogP contribution is 2.66. The Labute approximate surface area is 237 Å². The van der Waals surface area contributed by atoms with E-state index < -0.39 is 60.3 Å². The molecule has 1 rings (SSSR count). The van der Waals surface area contributed by atoms with Crippen LogP contribution in [0.3, 0.4) is 0 Å². The van der Waals surface area contributed by atoms with E-state index in [1.54, 1.807) is 0 Å². The van der Waals surface area contributed by atoms with Gasteiger partial charge in [0.05, 0.1) is 19.6 Å². The number of rotatable bonds is 17. The summed E-state index contributed by atoms with van der Waals surface area (Å²) in [6.45, 7) is -1.04. The van der Waals surface area contributed by atoms with Gasteiger partial charge < -0.3 is 39.1 Å². The number of amides is 1. The summed E-state index contributed by atoms with van der Waals surface area (Å²) in [4.78, 5) is 62.2. The first-order chi connectivity index (χ1) is 19.2. The van der Waals surface area contributed by atoms with Gasteiger partial charge in [0, 0.05) is 31.0 Å². The Balaban J connectivity index is 2.69. The van der Waals surface area contributed by atoms with Gasteiger partial charge in [-0.15, -0.1) is 0 Å². The maximum absolute atomic E-state index is 12.0. The fourth-order valence-electron chi connectivity index (χ4n) is 2.61. The molecule has 0 bridgehead atoms. The molecule has 5 atom stereocenters. The van der Waals surface area contributed by atoms with Crippen molar-refractivity contribution in [2.75, 3.05) is 38.3 Å². The highest BCUT2D eigenvalue weighted by atomic mass is 33.1. The second-order valence-electron chi connectivity index (χ2n) is 6.99. The van der Waals surface area contributed by atoms with Crippen LogP contribution in [0.5, 0.6) is 0 Å². The van der Waals surface area contributed by atoms with E-state index >= 15 is 0 Å². The number of carbonyl (C=O) groups is 2. The molecule has 0 aromatic carbocycles. The zero-order valence-electron chi connectivity index (χ0n) is 21.2. The summed E-state index contributed by atoms with van der Waals surface area (Å²) in [5.74, 6) is 4.90. The Hall–Kier alpha value is -1.26. The van der Waals surface area contributed by atoms with Crippen LogP contribution in [0, 0.1) is 11.7 Å². The average molecular weight is 670 g/mol. The van der Waals surface area contributed by atoms with Crippen LogP contribution in [0.4, 0.5) is 4.79 Å². The van der Waals surface area contributed by atoms with E-state index in [-0.39, 0.29) is 38.8 Å². The Kier molecular flexibility index (Phi) is 16.0. The fraction of sp³-hybridized carbons (Fsp3) is 0.733. The molecule has 0 aromatic rings. The van der Waals surface area contributed by atoms with Gasteiger partial charge in [0.1, 0.15) is 18.8 Å². The van der Waals surface area contributed by atoms with Crippen LogP contribution in [0.15, 0.2) is 5.11 Å². The molecule has 0 aliphatic carbocycles. The third-order valence-corrected chi connectivity index (χ3v) is 9.29. The van der Waals surface area contributed by atoms with Gasteiger partial charge in [0.2, 0.25) is 0 Å². The fourth-order valence-corrected chi connectivity index (χ4v) is 6.47. The number of alkyl carbamates (subject to hydrolysis) is 1. The molecule has 0 saturated carbocycles. The minimum Gasteiger partial charge on any atom is -0.459 e. The van der Waals surface area contributed by atoms with Crippen molar-refractivity contribution in [1.29, 1.82) is 0 Å². The summed E-state index contributed by atoms with van der Waals surface area (Å²) < 4.78 is 68.8. The van der Waals surface area contributed by atoms with E-state index in [1.165, 1.54) is 28.9 Å². The molecule has 1 amide bonds. The molecule has 19 nitrogen and oxygen atoms in total. The lowest BCUT2D eigenvalue weighted by Crippen LogP contribution is -2.31. The first-order valence-corrected chi connectivity index (χ1v) is 17.6. The number of hydrogen-bond acceptors (Lipinski definition) is 14. The van der Waals surface area contributed by atoms with Crippen LogP contribution in [0.2, 0.25) is 0 Å². The number of azide groups is 1. The molecule has 0 aromatic heterocycles. The summed E-state index contributed by atoms with van der Waals surface area (Å²) in [5, 5.41) is 5.58. The molecule has 225 valence electrons. The predicted molar refractivity (Wildman–Crippen MR) is 140 cm³/mol. The largest absolute Gasteiger partial charge is 0.490 e. The van der Waals surface area contributed by atoms with Crippen LogP contribution in [-0.2, 0) is 45.8 Å². The number of nitrogens with one attached hydrogen (secondary N) is 1. The van der Waals surface area contributed by atoms with E-state index in [0.717, 1.165) is 0 Å². The van der Waals surface area contributed by atoms with Crippen LogP contribution < -0.4 is 5.32 Å². The number of carbonyl (C=O) groups excluding carboxylic acids is 2. The third-order valence-electron chi connectivity index (χ3n) is 3.98. The number of phosphoric acid groups is 3. The molecule has 1 heterocycles. The van der Waals surface area contributed by atoms with E-state index in [1.807, 2.05) is 0 Å². The van der Waals surface area contributed by atoms with Gasteiger partial charge in [-0.1, -0.05) is 32.6 Å². The molecular formula is C15H25BN4O15P3S2. The number of esters is 1. The van der Waals surface area contributed by atoms with Crippen molar-refractivity contribution >= 4 is 64.4 Å². The van der Waals surface area contributed by atoms with Crippen LogP contribution >= 0.6 is 45.1 Å². The van der Waals surface area contributed by atoms with E-state index in [9.17, 15) is 33.1 Å². The summed E-state index contributed by atoms with van der Waals surface area (Å²) >= 11 is 0. The van der Waals surface area contributed by atoms with Crippen LogP contribution in [0.1, 0.15) is 14.2 Å². The Morgan fingerprint density at radius 1 is 1.27 bits per heavy atom. The topological polar surface area (TPSA) is 282 Å². The Bertz CT molecular complexity index is 1140. The van der Waals surface area contributed by atoms with E-state index in [2.05, 4.69) is 40.2 Å². The zero-order chi connectivity index (χ0) is 30.9. The molecule has 2 unspecified atom stereocenters. The van der Waals surface area contributed by atoms with Crippen molar-refractivity contribution in [2.24, 2.45) is 5.11 Å². The van der Waals surface area contributed by atoms with E-state index in [4.69, 9.17) is 30.9 Å². The molecule has 40 heavy (non-hydrogen) atoms. The lowest BCUT2D eigenvalue weighted by atomic mass is 9.71. The van der Waals surface area contributed by atoms with Gasteiger partial charge in [0.25, 0.3) is 7.28 Å². The Morgan fingerprint density at radius 3 is 2.70 bits per heavy atom. The molecular weight excluding hydrogens is 644 g/mol. The quantitative estimate of drug-likeness (QED) is 0.0168. The zero-order valence-corrected chi connectivity index (χ0v) is 24.6. The average Bonchev–Trinajstić information content (AvgIpc) is 3.21. The van der Waals surface area contributed by atoms with Gasteiger partial charge in [-0.05, 0) is 11.8 Å². The van der Waals surface area contributed by atoms with Gasteiger partial charge in [-0.2, -0.15) is 14.4 Å². The molecule has 1 saturated heterocycles. The molecule has 1 fully saturated rings. The first-order valence-electron chi connectivity index (χ1n) is 11.3. The van der Waals surface area contributed by atoms with Crippen molar-refractivity contribution in [3.8, 4) is 11.7 Å². The van der Waals surface area contributed by atoms with Crippen molar-refractivity contribution in [3.05, 3.63) is 10.4 Å². The second kappa shape index (κ2) is 18.3. The normalized spacial score (nSPS) is 21.8. The minimum absolute atomic E-state index is 0.0319. The third kappa shape index (κ3) is 17.5. The summed E-state index contributed by atoms with van der Waals surface area (Å²) in [7, 11) is -12.8. The van der Waals surface area contributed by atoms with Crippen LogP contribution in [0.25, 0.3) is 10.4 Å². The molecule has 25 heteroatoms. The smallest absolute Gasteiger partial charge is 0.459 e. The number of hydrogen-bond donors (Lipinski definition) is 5. The van der Waals surface area contributed by atoms with Gasteiger partial charge in [-0.3, -0.25) is 9.32 Å². The first kappa shape index (κ1) is 34.9. The van der Waals surface area contributed by atoms with Crippen molar-refractivity contribution in [3.63, 3.8) is 0 Å². The highest BCUT2D eigenvalue weighted by Gasteiger charge is 2.43. The minimum atomic E-state index is -5.74. The van der Waals surface area contributed by atoms with Gasteiger partial charge in [0.15, 0.2) is 0 Å². The lowest BCUT2D eigenvalue weighted by molar-refractivity contribution is -0.152. The van der Waals surface area contributed by atoms with E-state index in [0.29, 0.717) is 5.75 Å². The molecule has 5 N–H and O–H groups in total. The predicted octanol–water partition coefficient (Wildman–Crippen LogP) is 1.46. The summed E-state index contributed by atoms with van der Waals surface area (Å²) in [6, 6.07) is -0.828. The monoisotopic (exact) mass is 670 g/mol. The standard InChI is InChI=1S/C15H25BN4O15P3S2/c1-39-40-8-7-30-15(22)18-5-2-4-16-13-9-11(33-14(21)3-6-19-20-17)12(32-13)10-31-37(26,27)35-38(28,29)34-36(23,24)25/h11-13H,3,5-10H2,1H3,(H,18,22)(H,26,27)(H,28,29)(H2,23,24,25)/t11-,12-,13-/m1/s1/i1D. The number of nitrogens with zero attached hydrogens (tertiary/aromatic N) is 3. The second-order valence-corrected chi connectivity index (χ2v) is 13.7. The molecule has 0 spiro atoms. The van der Waals surface area contributed by atoms with Gasteiger partial charge >= 0.3 is 35.5 Å².